The van der Waals surface area contributed by atoms with Crippen LogP contribution in [0.3, 0.4) is 0 Å². The van der Waals surface area contributed by atoms with Gasteiger partial charge < -0.3 is 15.6 Å². The van der Waals surface area contributed by atoms with Crippen molar-refractivity contribution >= 4 is 18.1 Å². The van der Waals surface area contributed by atoms with Crippen molar-refractivity contribution in [3.63, 3.8) is 0 Å². The molecule has 0 aromatic heterocycles. The fourth-order valence-electron chi connectivity index (χ4n) is 2.03. The number of carboxylic acid groups (broad SMARTS) is 1. The third-order valence-electron chi connectivity index (χ3n) is 3.06. The Morgan fingerprint density at radius 2 is 1.95 bits per heavy atom. The first-order valence-corrected chi connectivity index (χ1v) is 6.62. The lowest BCUT2D eigenvalue weighted by Gasteiger charge is -2.37. The van der Waals surface area contributed by atoms with Gasteiger partial charge in [0.2, 0.25) is 5.91 Å². The lowest BCUT2D eigenvalue weighted by atomic mass is 9.98. The van der Waals surface area contributed by atoms with Crippen molar-refractivity contribution in [1.29, 1.82) is 0 Å². The third-order valence-corrected chi connectivity index (χ3v) is 3.06. The van der Waals surface area contributed by atoms with Crippen molar-refractivity contribution in [2.75, 3.05) is 6.54 Å². The quantitative estimate of drug-likeness (QED) is 0.391. The van der Waals surface area contributed by atoms with E-state index in [2.05, 4.69) is 0 Å². The van der Waals surface area contributed by atoms with Crippen LogP contribution < -0.4 is 5.73 Å². The number of hydroxylamine groups is 2. The minimum Gasteiger partial charge on any atom is -0.465 e. The highest BCUT2D eigenvalue weighted by Crippen LogP contribution is 2.22. The monoisotopic (exact) mass is 315 g/mol. The van der Waals surface area contributed by atoms with Gasteiger partial charge in [-0.1, -0.05) is 6.08 Å². The van der Waals surface area contributed by atoms with E-state index in [0.29, 0.717) is 10.6 Å². The van der Waals surface area contributed by atoms with Crippen LogP contribution in [0.2, 0.25) is 0 Å². The molecule has 0 aliphatic carbocycles. The molecule has 0 bridgehead atoms. The molecule has 2 atom stereocenters. The second-order valence-corrected chi connectivity index (χ2v) is 6.03. The first-order valence-electron chi connectivity index (χ1n) is 6.62. The zero-order valence-corrected chi connectivity index (χ0v) is 12.9. The molecule has 4 N–H and O–H groups in total. The van der Waals surface area contributed by atoms with Crippen LogP contribution in [0.1, 0.15) is 27.7 Å². The van der Waals surface area contributed by atoms with Gasteiger partial charge in [-0.2, -0.15) is 5.06 Å². The summed E-state index contributed by atoms with van der Waals surface area (Å²) in [5.74, 6) is -0.832. The number of rotatable bonds is 2. The zero-order valence-electron chi connectivity index (χ0n) is 12.9. The maximum Gasteiger partial charge on any atom is 0.434 e. The molecule has 1 heterocycles. The van der Waals surface area contributed by atoms with Gasteiger partial charge >= 0.3 is 12.2 Å². The fourth-order valence-corrected chi connectivity index (χ4v) is 2.03. The molecule has 9 heteroatoms. The number of primary amides is 1. The molecule has 0 saturated heterocycles. The van der Waals surface area contributed by atoms with Gasteiger partial charge in [0.15, 0.2) is 0 Å². The summed E-state index contributed by atoms with van der Waals surface area (Å²) in [5.41, 5.74) is 4.79. The number of carbonyl (C=O) groups is 3. The zero-order chi connectivity index (χ0) is 17.2. The summed E-state index contributed by atoms with van der Waals surface area (Å²) in [6, 6.07) is -2.10. The molecular formula is C13H21N3O6. The predicted molar refractivity (Wildman–Crippen MR) is 75.1 cm³/mol. The minimum atomic E-state index is -1.38. The molecule has 124 valence electrons. The smallest absolute Gasteiger partial charge is 0.434 e. The summed E-state index contributed by atoms with van der Waals surface area (Å²) in [6.07, 6.45) is -1.08. The lowest BCUT2D eigenvalue weighted by molar-refractivity contribution is -0.127. The van der Waals surface area contributed by atoms with Crippen LogP contribution in [0.5, 0.6) is 0 Å². The molecule has 1 aliphatic heterocycles. The Kier molecular flexibility index (Phi) is 5.02. The van der Waals surface area contributed by atoms with Crippen LogP contribution in [-0.4, -0.2) is 62.6 Å². The second kappa shape index (κ2) is 6.22. The average Bonchev–Trinajstić information content (AvgIpc) is 2.34. The molecule has 22 heavy (non-hydrogen) atoms. The van der Waals surface area contributed by atoms with E-state index in [1.807, 2.05) is 0 Å². The van der Waals surface area contributed by atoms with Crippen molar-refractivity contribution in [2.24, 2.45) is 5.73 Å². The van der Waals surface area contributed by atoms with Crippen LogP contribution in [-0.2, 0) is 9.53 Å². The number of ether oxygens (including phenoxy) is 1. The van der Waals surface area contributed by atoms with Gasteiger partial charge in [-0.05, 0) is 33.3 Å². The van der Waals surface area contributed by atoms with Crippen molar-refractivity contribution in [3.05, 3.63) is 11.6 Å². The summed E-state index contributed by atoms with van der Waals surface area (Å²) in [4.78, 5) is 35.2. The van der Waals surface area contributed by atoms with Gasteiger partial charge in [-0.3, -0.25) is 14.9 Å². The number of carbonyl (C=O) groups excluding carboxylic acids is 2. The van der Waals surface area contributed by atoms with Crippen molar-refractivity contribution in [3.8, 4) is 0 Å². The molecule has 0 aromatic rings. The SMILES string of the molecule is CC1=C[C@@H](C(N)=O)N(C(=O)O)C[C@@H]1N(O)C(=O)OC(C)(C)C. The van der Waals surface area contributed by atoms with E-state index in [1.165, 1.54) is 6.08 Å². The molecule has 0 fully saturated rings. The number of nitrogens with zero attached hydrogens (tertiary/aromatic N) is 2. The van der Waals surface area contributed by atoms with Crippen molar-refractivity contribution in [1.82, 2.24) is 9.96 Å². The van der Waals surface area contributed by atoms with Crippen LogP contribution in [0.25, 0.3) is 0 Å². The molecule has 0 spiro atoms. The highest BCUT2D eigenvalue weighted by atomic mass is 16.6. The van der Waals surface area contributed by atoms with E-state index in [0.717, 1.165) is 4.90 Å². The van der Waals surface area contributed by atoms with Gasteiger partial charge in [-0.25, -0.2) is 9.59 Å². The van der Waals surface area contributed by atoms with E-state index in [1.54, 1.807) is 27.7 Å². The molecule has 0 unspecified atom stereocenters. The third kappa shape index (κ3) is 4.10. The molecule has 3 amide bonds. The normalized spacial score (nSPS) is 21.9. The first kappa shape index (κ1) is 17.8. The Bertz CT molecular complexity index is 510. The van der Waals surface area contributed by atoms with Crippen LogP contribution in [0.15, 0.2) is 11.6 Å². The van der Waals surface area contributed by atoms with Crippen LogP contribution >= 0.6 is 0 Å². The van der Waals surface area contributed by atoms with Gasteiger partial charge in [0.1, 0.15) is 17.7 Å². The molecule has 1 rings (SSSR count). The van der Waals surface area contributed by atoms with Gasteiger partial charge in [-0.15, -0.1) is 0 Å². The maximum atomic E-state index is 11.9. The molecular weight excluding hydrogens is 294 g/mol. The summed E-state index contributed by atoms with van der Waals surface area (Å²) in [5, 5.41) is 19.4. The van der Waals surface area contributed by atoms with E-state index in [9.17, 15) is 19.6 Å². The van der Waals surface area contributed by atoms with Crippen LogP contribution in [0.4, 0.5) is 9.59 Å². The van der Waals surface area contributed by atoms with Crippen molar-refractivity contribution in [2.45, 2.75) is 45.4 Å². The number of hydrogen-bond donors (Lipinski definition) is 3. The van der Waals surface area contributed by atoms with E-state index in [-0.39, 0.29) is 6.54 Å². The minimum absolute atomic E-state index is 0.291. The predicted octanol–water partition coefficient (Wildman–Crippen LogP) is 0.775. The topological polar surface area (TPSA) is 133 Å². The van der Waals surface area contributed by atoms with Gasteiger partial charge in [0.25, 0.3) is 0 Å². The number of amides is 3. The Hall–Kier alpha value is -2.29. The fraction of sp³-hybridized carbons (Fsp3) is 0.615. The Balaban J connectivity index is 3.00. The molecule has 1 aliphatic rings. The molecule has 9 nitrogen and oxygen atoms in total. The summed E-state index contributed by atoms with van der Waals surface area (Å²) >= 11 is 0. The first-order chi connectivity index (χ1) is 9.94. The highest BCUT2D eigenvalue weighted by Gasteiger charge is 2.38. The van der Waals surface area contributed by atoms with E-state index >= 15 is 0 Å². The number of nitrogens with two attached hydrogens (primary N) is 1. The average molecular weight is 315 g/mol. The van der Waals surface area contributed by atoms with Crippen molar-refractivity contribution < 1.29 is 29.4 Å². The standard InChI is InChI=1S/C13H21N3O6/c1-7-5-8(10(14)17)15(11(18)19)6-9(7)16(21)12(20)22-13(2,3)4/h5,8-9,21H,6H2,1-4H3,(H2,14,17)(H,18,19)/t8-,9-/m0/s1. The van der Waals surface area contributed by atoms with E-state index < -0.39 is 35.8 Å². The highest BCUT2D eigenvalue weighted by molar-refractivity contribution is 5.86. The Morgan fingerprint density at radius 3 is 2.36 bits per heavy atom. The van der Waals surface area contributed by atoms with Gasteiger partial charge in [0.05, 0.1) is 6.54 Å². The largest absolute Gasteiger partial charge is 0.465 e. The summed E-state index contributed by atoms with van der Waals surface area (Å²) in [7, 11) is 0. The Labute approximate surface area is 127 Å². The van der Waals surface area contributed by atoms with E-state index in [4.69, 9.17) is 15.6 Å². The lowest BCUT2D eigenvalue weighted by Crippen LogP contribution is -2.57. The number of hydrogen-bond acceptors (Lipinski definition) is 5. The Morgan fingerprint density at radius 1 is 1.41 bits per heavy atom. The summed E-state index contributed by atoms with van der Waals surface area (Å²) in [6.45, 7) is 6.17. The second-order valence-electron chi connectivity index (χ2n) is 6.03. The molecule has 0 aromatic carbocycles. The van der Waals surface area contributed by atoms with Gasteiger partial charge in [0, 0.05) is 0 Å². The summed E-state index contributed by atoms with van der Waals surface area (Å²) < 4.78 is 5.02. The molecule has 0 radical (unpaired) electrons. The van der Waals surface area contributed by atoms with Crippen LogP contribution in [0, 0.1) is 0 Å². The molecule has 0 saturated carbocycles. The maximum absolute atomic E-state index is 11.9.